The largest absolute Gasteiger partial charge is 0.455 e. The van der Waals surface area contributed by atoms with Gasteiger partial charge in [0.15, 0.2) is 9.84 Å². The molecule has 21 heavy (non-hydrogen) atoms. The Balaban J connectivity index is 2.44. The van der Waals surface area contributed by atoms with Crippen molar-refractivity contribution in [3.05, 3.63) is 47.0 Å². The number of hydrogen-bond donors (Lipinski definition) is 1. The molecule has 112 valence electrons. The van der Waals surface area contributed by atoms with Crippen LogP contribution in [0.2, 0.25) is 0 Å². The third-order valence-electron chi connectivity index (χ3n) is 3.50. The fraction of sp³-hybridized carbons (Fsp3) is 0.250. The summed E-state index contributed by atoms with van der Waals surface area (Å²) in [6.45, 7) is 5.96. The van der Waals surface area contributed by atoms with Crippen LogP contribution in [-0.4, -0.2) is 14.7 Å². The van der Waals surface area contributed by atoms with Crippen LogP contribution in [0.3, 0.4) is 0 Å². The molecule has 0 spiro atoms. The van der Waals surface area contributed by atoms with E-state index in [0.29, 0.717) is 11.4 Å². The van der Waals surface area contributed by atoms with Crippen LogP contribution in [0.5, 0.6) is 11.5 Å². The highest BCUT2D eigenvalue weighted by Crippen LogP contribution is 2.34. The summed E-state index contributed by atoms with van der Waals surface area (Å²) >= 11 is 0. The maximum atomic E-state index is 11.5. The Morgan fingerprint density at radius 3 is 2.19 bits per heavy atom. The molecule has 0 unspecified atom stereocenters. The molecule has 2 rings (SSSR count). The van der Waals surface area contributed by atoms with E-state index in [0.717, 1.165) is 28.7 Å². The van der Waals surface area contributed by atoms with Crippen LogP contribution in [0.1, 0.15) is 16.7 Å². The van der Waals surface area contributed by atoms with Gasteiger partial charge in [-0.2, -0.15) is 0 Å². The van der Waals surface area contributed by atoms with E-state index in [1.165, 1.54) is 12.1 Å². The SMILES string of the molecule is Cc1ccc(C)c(Oc2ccc(S(C)(=O)=O)cc2N)c1C. The topological polar surface area (TPSA) is 69.4 Å². The number of hydrogen-bond acceptors (Lipinski definition) is 4. The zero-order valence-corrected chi connectivity index (χ0v) is 13.4. The lowest BCUT2D eigenvalue weighted by atomic mass is 10.1. The summed E-state index contributed by atoms with van der Waals surface area (Å²) in [4.78, 5) is 0.185. The summed E-state index contributed by atoms with van der Waals surface area (Å²) in [5, 5.41) is 0. The number of ether oxygens (including phenoxy) is 1. The Kier molecular flexibility index (Phi) is 3.96. The monoisotopic (exact) mass is 305 g/mol. The molecular weight excluding hydrogens is 286 g/mol. The van der Waals surface area contributed by atoms with Gasteiger partial charge in [-0.3, -0.25) is 0 Å². The molecule has 0 saturated heterocycles. The van der Waals surface area contributed by atoms with Crippen molar-refractivity contribution >= 4 is 15.5 Å². The van der Waals surface area contributed by atoms with Crippen LogP contribution < -0.4 is 10.5 Å². The lowest BCUT2D eigenvalue weighted by molar-refractivity contribution is 0.476. The van der Waals surface area contributed by atoms with E-state index in [1.807, 2.05) is 32.9 Å². The number of anilines is 1. The molecule has 2 aromatic rings. The summed E-state index contributed by atoms with van der Waals surface area (Å²) in [6, 6.07) is 8.53. The van der Waals surface area contributed by atoms with Crippen LogP contribution in [0, 0.1) is 20.8 Å². The molecule has 0 aromatic heterocycles. The summed E-state index contributed by atoms with van der Waals surface area (Å²) in [7, 11) is -3.27. The van der Waals surface area contributed by atoms with E-state index < -0.39 is 9.84 Å². The molecule has 0 bridgehead atoms. The minimum absolute atomic E-state index is 0.185. The second-order valence-corrected chi connectivity index (χ2v) is 7.24. The average molecular weight is 305 g/mol. The first-order valence-electron chi connectivity index (χ1n) is 6.54. The molecule has 0 saturated carbocycles. The molecule has 2 aromatic carbocycles. The molecule has 0 heterocycles. The predicted molar refractivity (Wildman–Crippen MR) is 84.7 cm³/mol. The van der Waals surface area contributed by atoms with Crippen molar-refractivity contribution in [2.75, 3.05) is 12.0 Å². The highest BCUT2D eigenvalue weighted by atomic mass is 32.2. The van der Waals surface area contributed by atoms with Crippen molar-refractivity contribution in [2.45, 2.75) is 25.7 Å². The molecular formula is C16H19NO3S. The van der Waals surface area contributed by atoms with E-state index in [-0.39, 0.29) is 4.90 Å². The fourth-order valence-electron chi connectivity index (χ4n) is 2.04. The minimum Gasteiger partial charge on any atom is -0.455 e. The zero-order chi connectivity index (χ0) is 15.8. The number of rotatable bonds is 3. The lowest BCUT2D eigenvalue weighted by Gasteiger charge is -2.15. The molecule has 0 aliphatic carbocycles. The van der Waals surface area contributed by atoms with Crippen LogP contribution >= 0.6 is 0 Å². The molecule has 0 aliphatic heterocycles. The molecule has 5 heteroatoms. The Labute approximate surface area is 125 Å². The Bertz CT molecular complexity index is 795. The van der Waals surface area contributed by atoms with Crippen LogP contribution in [-0.2, 0) is 9.84 Å². The van der Waals surface area contributed by atoms with Gasteiger partial charge in [0.25, 0.3) is 0 Å². The summed E-state index contributed by atoms with van der Waals surface area (Å²) in [5.41, 5.74) is 9.39. The maximum Gasteiger partial charge on any atom is 0.175 e. The quantitative estimate of drug-likeness (QED) is 0.882. The third kappa shape index (κ3) is 3.19. The molecule has 0 fully saturated rings. The first-order chi connectivity index (χ1) is 9.70. The van der Waals surface area contributed by atoms with Gasteiger partial charge >= 0.3 is 0 Å². The molecule has 0 radical (unpaired) electrons. The number of nitrogen functional groups attached to an aromatic ring is 1. The first kappa shape index (κ1) is 15.4. The zero-order valence-electron chi connectivity index (χ0n) is 12.6. The van der Waals surface area contributed by atoms with Gasteiger partial charge in [-0.25, -0.2) is 8.42 Å². The van der Waals surface area contributed by atoms with E-state index >= 15 is 0 Å². The van der Waals surface area contributed by atoms with Crippen LogP contribution in [0.4, 0.5) is 5.69 Å². The molecule has 2 N–H and O–H groups in total. The van der Waals surface area contributed by atoms with Gasteiger partial charge in [-0.15, -0.1) is 0 Å². The van der Waals surface area contributed by atoms with Crippen molar-refractivity contribution in [3.8, 4) is 11.5 Å². The molecule has 0 aliphatic rings. The minimum atomic E-state index is -3.27. The number of sulfone groups is 1. The van der Waals surface area contributed by atoms with Gasteiger partial charge in [0.05, 0.1) is 10.6 Å². The van der Waals surface area contributed by atoms with E-state index in [9.17, 15) is 8.42 Å². The predicted octanol–water partition coefficient (Wildman–Crippen LogP) is 3.39. The molecule has 0 atom stereocenters. The Morgan fingerprint density at radius 2 is 1.62 bits per heavy atom. The van der Waals surface area contributed by atoms with Gasteiger partial charge in [0.1, 0.15) is 11.5 Å². The fourth-order valence-corrected chi connectivity index (χ4v) is 2.70. The van der Waals surface area contributed by atoms with Gasteiger partial charge in [0, 0.05) is 6.26 Å². The van der Waals surface area contributed by atoms with E-state index in [4.69, 9.17) is 10.5 Å². The van der Waals surface area contributed by atoms with E-state index in [2.05, 4.69) is 0 Å². The normalized spacial score (nSPS) is 11.4. The second kappa shape index (κ2) is 5.41. The van der Waals surface area contributed by atoms with Crippen molar-refractivity contribution in [1.29, 1.82) is 0 Å². The second-order valence-electron chi connectivity index (χ2n) is 5.23. The van der Waals surface area contributed by atoms with Gasteiger partial charge < -0.3 is 10.5 Å². The van der Waals surface area contributed by atoms with Crippen molar-refractivity contribution in [3.63, 3.8) is 0 Å². The standard InChI is InChI=1S/C16H19NO3S/c1-10-5-6-11(2)16(12(10)3)20-15-8-7-13(9-14(15)17)21(4,18)19/h5-9H,17H2,1-4H3. The smallest absolute Gasteiger partial charge is 0.175 e. The Morgan fingerprint density at radius 1 is 1.00 bits per heavy atom. The van der Waals surface area contributed by atoms with Crippen molar-refractivity contribution in [1.82, 2.24) is 0 Å². The number of nitrogens with two attached hydrogens (primary N) is 1. The van der Waals surface area contributed by atoms with Gasteiger partial charge in [0.2, 0.25) is 0 Å². The number of aryl methyl sites for hydroxylation is 2. The van der Waals surface area contributed by atoms with Crippen LogP contribution in [0.15, 0.2) is 35.2 Å². The summed E-state index contributed by atoms with van der Waals surface area (Å²) < 4.78 is 28.9. The van der Waals surface area contributed by atoms with Crippen molar-refractivity contribution in [2.24, 2.45) is 0 Å². The Hall–Kier alpha value is -2.01. The average Bonchev–Trinajstić information content (AvgIpc) is 2.39. The molecule has 0 amide bonds. The number of benzene rings is 2. The van der Waals surface area contributed by atoms with Crippen LogP contribution in [0.25, 0.3) is 0 Å². The van der Waals surface area contributed by atoms with Crippen molar-refractivity contribution < 1.29 is 13.2 Å². The first-order valence-corrected chi connectivity index (χ1v) is 8.43. The van der Waals surface area contributed by atoms with Gasteiger partial charge in [-0.1, -0.05) is 12.1 Å². The molecule has 4 nitrogen and oxygen atoms in total. The third-order valence-corrected chi connectivity index (χ3v) is 4.61. The van der Waals surface area contributed by atoms with E-state index in [1.54, 1.807) is 6.07 Å². The summed E-state index contributed by atoms with van der Waals surface area (Å²) in [5.74, 6) is 1.22. The highest BCUT2D eigenvalue weighted by molar-refractivity contribution is 7.90. The van der Waals surface area contributed by atoms with Gasteiger partial charge in [-0.05, 0) is 55.7 Å². The summed E-state index contributed by atoms with van der Waals surface area (Å²) in [6.07, 6.45) is 1.15. The highest BCUT2D eigenvalue weighted by Gasteiger charge is 2.13. The lowest BCUT2D eigenvalue weighted by Crippen LogP contribution is -2.01. The maximum absolute atomic E-state index is 11.5.